The molecular weight excluding hydrogens is 216 g/mol. The quantitative estimate of drug-likeness (QED) is 0.739. The molecule has 84 valence electrons. The molecule has 0 amide bonds. The van der Waals surface area contributed by atoms with Crippen molar-refractivity contribution in [2.75, 3.05) is 6.61 Å². The molecule has 1 rings (SSSR count). The van der Waals surface area contributed by atoms with Crippen molar-refractivity contribution in [3.8, 4) is 0 Å². The Morgan fingerprint density at radius 3 is 2.60 bits per heavy atom. The van der Waals surface area contributed by atoms with Gasteiger partial charge in [0.05, 0.1) is 11.9 Å². The Bertz CT molecular complexity index is 391. The highest BCUT2D eigenvalue weighted by Crippen LogP contribution is 2.00. The van der Waals surface area contributed by atoms with Crippen LogP contribution in [0, 0.1) is 0 Å². The Balaban J connectivity index is 2.58. The van der Waals surface area contributed by atoms with E-state index in [4.69, 9.17) is 5.11 Å². The summed E-state index contributed by atoms with van der Waals surface area (Å²) in [5.41, 5.74) is 0.832. The number of hydrogen-bond donors (Lipinski definition) is 2. The number of aliphatic hydroxyl groups is 1. The molecule has 1 unspecified atom stereocenters. The number of aromatic nitrogens is 1. The van der Waals surface area contributed by atoms with Crippen LogP contribution >= 0.6 is 0 Å². The maximum atomic E-state index is 11.4. The molecule has 0 fully saturated rings. The fourth-order valence-electron chi connectivity index (χ4n) is 0.925. The number of sulfonamides is 1. The van der Waals surface area contributed by atoms with Gasteiger partial charge in [-0.1, -0.05) is 0 Å². The van der Waals surface area contributed by atoms with Gasteiger partial charge in [0.2, 0.25) is 10.0 Å². The summed E-state index contributed by atoms with van der Waals surface area (Å²) in [4.78, 5) is 3.82. The summed E-state index contributed by atoms with van der Waals surface area (Å²) in [6.07, 6.45) is 3.19. The van der Waals surface area contributed by atoms with Gasteiger partial charge in [0.25, 0.3) is 0 Å². The maximum absolute atomic E-state index is 11.4. The molecule has 15 heavy (non-hydrogen) atoms. The predicted octanol–water partition coefficient (Wildman–Crippen LogP) is -0.118. The molecule has 1 atom stereocenters. The van der Waals surface area contributed by atoms with E-state index in [1.807, 2.05) is 0 Å². The van der Waals surface area contributed by atoms with Crippen LogP contribution in [0.15, 0.2) is 24.5 Å². The molecule has 2 N–H and O–H groups in total. The summed E-state index contributed by atoms with van der Waals surface area (Å²) < 4.78 is 25.3. The largest absolute Gasteiger partial charge is 0.395 e. The lowest BCUT2D eigenvalue weighted by atomic mass is 10.3. The molecule has 5 nitrogen and oxygen atoms in total. The van der Waals surface area contributed by atoms with Crippen LogP contribution in [0.3, 0.4) is 0 Å². The van der Waals surface area contributed by atoms with Crippen molar-refractivity contribution in [1.82, 2.24) is 9.71 Å². The van der Waals surface area contributed by atoms with Crippen LogP contribution in [0.2, 0.25) is 0 Å². The first-order valence-electron chi connectivity index (χ1n) is 4.54. The molecule has 1 aromatic heterocycles. The fourth-order valence-corrected chi connectivity index (χ4v) is 1.77. The van der Waals surface area contributed by atoms with Gasteiger partial charge >= 0.3 is 0 Å². The van der Waals surface area contributed by atoms with Crippen LogP contribution in [0.1, 0.15) is 12.5 Å². The lowest BCUT2D eigenvalue weighted by Crippen LogP contribution is -2.34. The Kier molecular flexibility index (Phi) is 4.19. The Morgan fingerprint density at radius 2 is 2.07 bits per heavy atom. The highest BCUT2D eigenvalue weighted by atomic mass is 32.2. The molecule has 0 saturated heterocycles. The molecule has 6 heteroatoms. The minimum Gasteiger partial charge on any atom is -0.395 e. The smallest absolute Gasteiger partial charge is 0.216 e. The van der Waals surface area contributed by atoms with Crippen molar-refractivity contribution in [3.63, 3.8) is 0 Å². The number of nitrogens with zero attached hydrogens (tertiary/aromatic N) is 1. The second-order valence-corrected chi connectivity index (χ2v) is 5.40. The Morgan fingerprint density at radius 1 is 1.47 bits per heavy atom. The molecule has 0 spiro atoms. The second kappa shape index (κ2) is 5.20. The number of pyridine rings is 1. The van der Waals surface area contributed by atoms with E-state index in [9.17, 15) is 8.42 Å². The Labute approximate surface area is 89.2 Å². The van der Waals surface area contributed by atoms with Crippen LogP contribution in [0.4, 0.5) is 0 Å². The fraction of sp³-hybridized carbons (Fsp3) is 0.444. The highest BCUT2D eigenvalue weighted by Gasteiger charge is 2.18. The third-order valence-electron chi connectivity index (χ3n) is 2.01. The number of aliphatic hydroxyl groups excluding tert-OH is 1. The SMILES string of the molecule is CC(CO)S(=O)(=O)NCc1ccncc1. The molecule has 1 heterocycles. The number of hydrogen-bond acceptors (Lipinski definition) is 4. The zero-order valence-electron chi connectivity index (χ0n) is 8.42. The molecule has 0 saturated carbocycles. The number of rotatable bonds is 5. The van der Waals surface area contributed by atoms with E-state index in [0.29, 0.717) is 0 Å². The molecule has 0 aliphatic carbocycles. The van der Waals surface area contributed by atoms with Crippen LogP contribution in [0.5, 0.6) is 0 Å². The van der Waals surface area contributed by atoms with Crippen molar-refractivity contribution < 1.29 is 13.5 Å². The monoisotopic (exact) mass is 230 g/mol. The normalized spacial score (nSPS) is 13.7. The van der Waals surface area contributed by atoms with Gasteiger partial charge in [-0.15, -0.1) is 0 Å². The minimum atomic E-state index is -3.43. The second-order valence-electron chi connectivity index (χ2n) is 3.21. The zero-order chi connectivity index (χ0) is 11.3. The van der Waals surface area contributed by atoms with Crippen LogP contribution in [-0.2, 0) is 16.6 Å². The third kappa shape index (κ3) is 3.58. The van der Waals surface area contributed by atoms with E-state index in [1.165, 1.54) is 6.92 Å². The van der Waals surface area contributed by atoms with E-state index in [2.05, 4.69) is 9.71 Å². The lowest BCUT2D eigenvalue weighted by Gasteiger charge is -2.10. The van der Waals surface area contributed by atoms with Gasteiger partial charge in [-0.25, -0.2) is 13.1 Å². The van der Waals surface area contributed by atoms with Crippen LogP contribution < -0.4 is 4.72 Å². The summed E-state index contributed by atoms with van der Waals surface area (Å²) in [6.45, 7) is 1.29. The minimum absolute atomic E-state index is 0.217. The Hall–Kier alpha value is -0.980. The predicted molar refractivity (Wildman–Crippen MR) is 56.5 cm³/mol. The van der Waals surface area contributed by atoms with Gasteiger partial charge in [0, 0.05) is 18.9 Å². The first kappa shape index (κ1) is 12.1. The van der Waals surface area contributed by atoms with E-state index in [0.717, 1.165) is 5.56 Å². The lowest BCUT2D eigenvalue weighted by molar-refractivity contribution is 0.294. The summed E-state index contributed by atoms with van der Waals surface area (Å²) in [5, 5.41) is 7.95. The van der Waals surface area contributed by atoms with Crippen LogP contribution in [0.25, 0.3) is 0 Å². The molecule has 0 aliphatic rings. The van der Waals surface area contributed by atoms with Gasteiger partial charge in [-0.05, 0) is 24.6 Å². The topological polar surface area (TPSA) is 79.3 Å². The summed E-state index contributed by atoms with van der Waals surface area (Å²) in [6, 6.07) is 3.46. The van der Waals surface area contributed by atoms with Gasteiger partial charge in [-0.2, -0.15) is 0 Å². The summed E-state index contributed by atoms with van der Waals surface area (Å²) in [7, 11) is -3.43. The molecule has 0 aromatic carbocycles. The van der Waals surface area contributed by atoms with Crippen molar-refractivity contribution in [2.45, 2.75) is 18.7 Å². The first-order chi connectivity index (χ1) is 7.06. The van der Waals surface area contributed by atoms with Gasteiger partial charge in [-0.3, -0.25) is 4.98 Å². The van der Waals surface area contributed by atoms with E-state index >= 15 is 0 Å². The molecule has 1 aromatic rings. The van der Waals surface area contributed by atoms with E-state index < -0.39 is 15.3 Å². The van der Waals surface area contributed by atoms with Crippen molar-refractivity contribution in [3.05, 3.63) is 30.1 Å². The van der Waals surface area contributed by atoms with E-state index in [1.54, 1.807) is 24.5 Å². The average Bonchev–Trinajstić information content (AvgIpc) is 2.27. The molecule has 0 bridgehead atoms. The third-order valence-corrected chi connectivity index (χ3v) is 3.77. The van der Waals surface area contributed by atoms with Gasteiger partial charge < -0.3 is 5.11 Å². The van der Waals surface area contributed by atoms with Crippen molar-refractivity contribution in [1.29, 1.82) is 0 Å². The molecule has 0 aliphatic heterocycles. The number of nitrogens with one attached hydrogen (secondary N) is 1. The van der Waals surface area contributed by atoms with Crippen LogP contribution in [-0.4, -0.2) is 30.4 Å². The zero-order valence-corrected chi connectivity index (χ0v) is 9.24. The standard InChI is InChI=1S/C9H14N2O3S/c1-8(7-12)15(13,14)11-6-9-2-4-10-5-3-9/h2-5,8,11-12H,6-7H2,1H3. The summed E-state index contributed by atoms with van der Waals surface area (Å²) >= 11 is 0. The van der Waals surface area contributed by atoms with Crippen molar-refractivity contribution >= 4 is 10.0 Å². The highest BCUT2D eigenvalue weighted by molar-refractivity contribution is 7.90. The van der Waals surface area contributed by atoms with Crippen molar-refractivity contribution in [2.24, 2.45) is 0 Å². The van der Waals surface area contributed by atoms with E-state index in [-0.39, 0.29) is 13.2 Å². The molecular formula is C9H14N2O3S. The summed E-state index contributed by atoms with van der Waals surface area (Å²) in [5.74, 6) is 0. The van der Waals surface area contributed by atoms with Gasteiger partial charge in [0.15, 0.2) is 0 Å². The average molecular weight is 230 g/mol. The maximum Gasteiger partial charge on any atom is 0.216 e. The first-order valence-corrected chi connectivity index (χ1v) is 6.09. The van der Waals surface area contributed by atoms with Gasteiger partial charge in [0.1, 0.15) is 0 Å². The molecule has 0 radical (unpaired) electrons.